The van der Waals surface area contributed by atoms with Crippen molar-refractivity contribution < 1.29 is 18.0 Å². The number of sulfonamides is 1. The first-order valence-corrected chi connectivity index (χ1v) is 13.6. The molecule has 1 saturated heterocycles. The fourth-order valence-electron chi connectivity index (χ4n) is 3.81. The second-order valence-corrected chi connectivity index (χ2v) is 11.9. The molecule has 9 heteroatoms. The number of amides is 2. The van der Waals surface area contributed by atoms with Gasteiger partial charge in [0.1, 0.15) is 6.04 Å². The summed E-state index contributed by atoms with van der Waals surface area (Å²) in [4.78, 5) is 26.7. The quantitative estimate of drug-likeness (QED) is 0.592. The lowest BCUT2D eigenvalue weighted by Crippen LogP contribution is -2.55. The summed E-state index contributed by atoms with van der Waals surface area (Å²) < 4.78 is 27.6. The molecule has 0 aliphatic carbocycles. The molecule has 180 valence electrons. The van der Waals surface area contributed by atoms with Crippen molar-refractivity contribution in [3.63, 3.8) is 0 Å². The van der Waals surface area contributed by atoms with Crippen molar-refractivity contribution in [3.8, 4) is 0 Å². The second kappa shape index (κ2) is 10.8. The fourth-order valence-corrected chi connectivity index (χ4v) is 5.90. The zero-order valence-electron chi connectivity index (χ0n) is 19.6. The van der Waals surface area contributed by atoms with Gasteiger partial charge in [-0.25, -0.2) is 8.42 Å². The maximum atomic E-state index is 13.1. The van der Waals surface area contributed by atoms with Crippen molar-refractivity contribution in [2.24, 2.45) is 11.8 Å². The van der Waals surface area contributed by atoms with Crippen molar-refractivity contribution in [2.75, 3.05) is 13.1 Å². The minimum Gasteiger partial charge on any atom is -0.352 e. The van der Waals surface area contributed by atoms with E-state index in [0.29, 0.717) is 30.8 Å². The summed E-state index contributed by atoms with van der Waals surface area (Å²) in [6.07, 6.45) is 0.980. The molecule has 1 aliphatic rings. The molecule has 1 aliphatic heterocycles. The lowest BCUT2D eigenvalue weighted by molar-refractivity contribution is -0.125. The fraction of sp³-hybridized carbons (Fsp3) is 0.500. The van der Waals surface area contributed by atoms with E-state index >= 15 is 0 Å². The van der Waals surface area contributed by atoms with Crippen LogP contribution in [0.2, 0.25) is 0 Å². The average molecular weight is 492 g/mol. The van der Waals surface area contributed by atoms with Gasteiger partial charge in [0.2, 0.25) is 15.9 Å². The van der Waals surface area contributed by atoms with Crippen LogP contribution in [0.15, 0.2) is 46.7 Å². The first kappa shape index (κ1) is 25.4. The van der Waals surface area contributed by atoms with Gasteiger partial charge in [-0.15, -0.1) is 11.3 Å². The molecule has 1 fully saturated rings. The Morgan fingerprint density at radius 3 is 2.21 bits per heavy atom. The van der Waals surface area contributed by atoms with E-state index in [1.54, 1.807) is 36.4 Å². The molecule has 0 unspecified atom stereocenters. The number of hydrogen-bond acceptors (Lipinski definition) is 5. The summed E-state index contributed by atoms with van der Waals surface area (Å²) in [6, 6.07) is 9.59. The standard InChI is InChI=1S/C24H33N3O4S2/c1-16(2)18(4)25-24(29)22(26-23(28)21-6-5-15-32-21)19-11-13-27(14-12-19)33(30,31)20-9-7-17(3)8-10-20/h5-10,15-16,18-19,22H,11-14H2,1-4H3,(H,25,29)(H,26,28)/t18-,22+/m1/s1. The van der Waals surface area contributed by atoms with Crippen LogP contribution in [0, 0.1) is 18.8 Å². The average Bonchev–Trinajstić information content (AvgIpc) is 3.32. The van der Waals surface area contributed by atoms with Crippen molar-refractivity contribution >= 4 is 33.2 Å². The molecule has 0 spiro atoms. The minimum atomic E-state index is -3.59. The van der Waals surface area contributed by atoms with Gasteiger partial charge in [-0.2, -0.15) is 4.31 Å². The number of aryl methyl sites for hydroxylation is 1. The summed E-state index contributed by atoms with van der Waals surface area (Å²) in [6.45, 7) is 8.52. The SMILES string of the molecule is Cc1ccc(S(=O)(=O)N2CCC([C@H](NC(=O)c3cccs3)C(=O)N[C@H](C)C(C)C)CC2)cc1. The highest BCUT2D eigenvalue weighted by atomic mass is 32.2. The molecule has 1 aromatic heterocycles. The molecule has 2 amide bonds. The highest BCUT2D eigenvalue weighted by Crippen LogP contribution is 2.27. The zero-order valence-corrected chi connectivity index (χ0v) is 21.2. The van der Waals surface area contributed by atoms with Crippen LogP contribution in [-0.4, -0.2) is 49.7 Å². The Bertz CT molecular complexity index is 1040. The van der Waals surface area contributed by atoms with Gasteiger partial charge < -0.3 is 10.6 Å². The van der Waals surface area contributed by atoms with E-state index in [1.165, 1.54) is 15.6 Å². The van der Waals surface area contributed by atoms with Crippen LogP contribution in [0.25, 0.3) is 0 Å². The summed E-state index contributed by atoms with van der Waals surface area (Å²) in [5, 5.41) is 7.75. The maximum absolute atomic E-state index is 13.1. The number of carbonyl (C=O) groups excluding carboxylic acids is 2. The van der Waals surface area contributed by atoms with E-state index in [1.807, 2.05) is 33.1 Å². The molecule has 2 heterocycles. The smallest absolute Gasteiger partial charge is 0.262 e. The van der Waals surface area contributed by atoms with Crippen LogP contribution >= 0.6 is 11.3 Å². The van der Waals surface area contributed by atoms with Gasteiger partial charge in [-0.05, 0) is 62.1 Å². The van der Waals surface area contributed by atoms with Crippen molar-refractivity contribution in [2.45, 2.75) is 57.5 Å². The molecule has 2 N–H and O–H groups in total. The summed E-state index contributed by atoms with van der Waals surface area (Å²) in [5.74, 6) is -0.403. The Balaban J connectivity index is 1.72. The van der Waals surface area contributed by atoms with Gasteiger partial charge in [0, 0.05) is 19.1 Å². The van der Waals surface area contributed by atoms with E-state index in [2.05, 4.69) is 10.6 Å². The Kier molecular flexibility index (Phi) is 8.31. The Hall–Kier alpha value is -2.23. The number of benzene rings is 1. The van der Waals surface area contributed by atoms with Gasteiger partial charge in [-0.1, -0.05) is 37.6 Å². The largest absolute Gasteiger partial charge is 0.352 e. The Labute approximate surface area is 200 Å². The Morgan fingerprint density at radius 1 is 1.03 bits per heavy atom. The third-order valence-corrected chi connectivity index (χ3v) is 9.09. The van der Waals surface area contributed by atoms with Crippen LogP contribution in [0.3, 0.4) is 0 Å². The summed E-state index contributed by atoms with van der Waals surface area (Å²) in [5.41, 5.74) is 0.999. The molecule has 2 atom stereocenters. The molecule has 0 radical (unpaired) electrons. The third kappa shape index (κ3) is 6.22. The normalized spacial score (nSPS) is 17.5. The lowest BCUT2D eigenvalue weighted by Gasteiger charge is -2.35. The van der Waals surface area contributed by atoms with Gasteiger partial charge >= 0.3 is 0 Å². The number of nitrogens with one attached hydrogen (secondary N) is 2. The van der Waals surface area contributed by atoms with E-state index in [9.17, 15) is 18.0 Å². The topological polar surface area (TPSA) is 95.6 Å². The van der Waals surface area contributed by atoms with Crippen molar-refractivity contribution in [1.29, 1.82) is 0 Å². The molecular weight excluding hydrogens is 458 g/mol. The highest BCUT2D eigenvalue weighted by Gasteiger charge is 2.37. The number of thiophene rings is 1. The van der Waals surface area contributed by atoms with Crippen molar-refractivity contribution in [1.82, 2.24) is 14.9 Å². The second-order valence-electron chi connectivity index (χ2n) is 9.02. The van der Waals surface area contributed by atoms with E-state index in [0.717, 1.165) is 5.56 Å². The molecule has 0 bridgehead atoms. The zero-order chi connectivity index (χ0) is 24.2. The predicted octanol–water partition coefficient (Wildman–Crippen LogP) is 3.42. The van der Waals surface area contributed by atoms with Crippen LogP contribution < -0.4 is 10.6 Å². The minimum absolute atomic E-state index is 0.0411. The van der Waals surface area contributed by atoms with Gasteiger partial charge in [0.15, 0.2) is 0 Å². The molecule has 0 saturated carbocycles. The molecule has 7 nitrogen and oxygen atoms in total. The number of rotatable bonds is 8. The molecule has 33 heavy (non-hydrogen) atoms. The van der Waals surface area contributed by atoms with Gasteiger partial charge in [0.05, 0.1) is 9.77 Å². The highest BCUT2D eigenvalue weighted by molar-refractivity contribution is 7.89. The predicted molar refractivity (Wildman–Crippen MR) is 131 cm³/mol. The van der Waals surface area contributed by atoms with Crippen LogP contribution in [0.4, 0.5) is 0 Å². The van der Waals surface area contributed by atoms with Gasteiger partial charge in [0.25, 0.3) is 5.91 Å². The van der Waals surface area contributed by atoms with Crippen LogP contribution in [0.5, 0.6) is 0 Å². The third-order valence-electron chi connectivity index (χ3n) is 6.31. The Morgan fingerprint density at radius 2 is 1.67 bits per heavy atom. The van der Waals surface area contributed by atoms with Crippen LogP contribution in [-0.2, 0) is 14.8 Å². The summed E-state index contributed by atoms with van der Waals surface area (Å²) >= 11 is 1.32. The maximum Gasteiger partial charge on any atom is 0.262 e. The first-order valence-electron chi connectivity index (χ1n) is 11.3. The van der Waals surface area contributed by atoms with Gasteiger partial charge in [-0.3, -0.25) is 9.59 Å². The molecular formula is C24H33N3O4S2. The number of carbonyl (C=O) groups is 2. The van der Waals surface area contributed by atoms with E-state index < -0.39 is 16.1 Å². The van der Waals surface area contributed by atoms with E-state index in [-0.39, 0.29) is 34.6 Å². The van der Waals surface area contributed by atoms with Crippen molar-refractivity contribution in [3.05, 3.63) is 52.2 Å². The molecule has 1 aromatic carbocycles. The van der Waals surface area contributed by atoms with E-state index in [4.69, 9.17) is 0 Å². The van der Waals surface area contributed by atoms with Crippen LogP contribution in [0.1, 0.15) is 48.8 Å². The molecule has 3 rings (SSSR count). The molecule has 2 aromatic rings. The summed E-state index contributed by atoms with van der Waals surface area (Å²) in [7, 11) is -3.59. The number of piperidine rings is 1. The first-order chi connectivity index (χ1) is 15.6. The number of hydrogen-bond donors (Lipinski definition) is 2. The monoisotopic (exact) mass is 491 g/mol. The lowest BCUT2D eigenvalue weighted by atomic mass is 9.89. The number of nitrogens with zero attached hydrogens (tertiary/aromatic N) is 1.